The standard InChI is InChI=1S/C12H16O3.C7H6O2/c1-2-3-10(13)6-9-4-5-11-12(7-9)15-8-14-11;1-2-4-7-6(3-1)8-5-9-7/h4-5,7,10,13H,2-3,6,8H2,1H3;1-4H,5H2. The van der Waals surface area contributed by atoms with Crippen LogP contribution >= 0.6 is 0 Å². The van der Waals surface area contributed by atoms with Crippen molar-refractivity contribution < 1.29 is 24.1 Å². The van der Waals surface area contributed by atoms with Crippen molar-refractivity contribution >= 4 is 0 Å². The molecule has 0 saturated carbocycles. The molecule has 5 nitrogen and oxygen atoms in total. The number of fused-ring (bicyclic) bond motifs is 2. The Morgan fingerprint density at radius 1 is 0.875 bits per heavy atom. The number of ether oxygens (including phenoxy) is 4. The molecule has 0 radical (unpaired) electrons. The lowest BCUT2D eigenvalue weighted by molar-refractivity contribution is 0.163. The molecule has 0 spiro atoms. The van der Waals surface area contributed by atoms with Crippen molar-refractivity contribution in [3.8, 4) is 23.0 Å². The molecule has 2 aromatic carbocycles. The van der Waals surface area contributed by atoms with Crippen molar-refractivity contribution in [3.63, 3.8) is 0 Å². The first-order chi connectivity index (χ1) is 11.8. The Kier molecular flexibility index (Phi) is 5.43. The molecular formula is C19H22O5. The number of aliphatic hydroxyl groups is 1. The lowest BCUT2D eigenvalue weighted by Gasteiger charge is -2.09. The quantitative estimate of drug-likeness (QED) is 0.929. The molecule has 2 aliphatic rings. The second-order valence-corrected chi connectivity index (χ2v) is 5.69. The third kappa shape index (κ3) is 4.11. The fraction of sp³-hybridized carbons (Fsp3) is 0.368. The van der Waals surface area contributed by atoms with Crippen LogP contribution in [-0.4, -0.2) is 24.8 Å². The minimum Gasteiger partial charge on any atom is -0.454 e. The Balaban J connectivity index is 0.000000159. The van der Waals surface area contributed by atoms with Crippen LogP contribution < -0.4 is 18.9 Å². The van der Waals surface area contributed by atoms with Gasteiger partial charge >= 0.3 is 0 Å². The summed E-state index contributed by atoms with van der Waals surface area (Å²) in [5, 5.41) is 9.68. The fourth-order valence-corrected chi connectivity index (χ4v) is 2.62. The molecule has 0 saturated heterocycles. The van der Waals surface area contributed by atoms with E-state index in [2.05, 4.69) is 6.92 Å². The van der Waals surface area contributed by atoms with Crippen LogP contribution in [0.1, 0.15) is 25.3 Å². The molecule has 2 aliphatic heterocycles. The van der Waals surface area contributed by atoms with Gasteiger partial charge < -0.3 is 24.1 Å². The molecule has 1 N–H and O–H groups in total. The Hall–Kier alpha value is -2.40. The first-order valence-electron chi connectivity index (χ1n) is 8.17. The summed E-state index contributed by atoms with van der Waals surface area (Å²) in [7, 11) is 0. The van der Waals surface area contributed by atoms with Crippen molar-refractivity contribution in [2.24, 2.45) is 0 Å². The zero-order valence-electron chi connectivity index (χ0n) is 13.7. The number of aliphatic hydroxyl groups excluding tert-OH is 1. The summed E-state index contributed by atoms with van der Waals surface area (Å²) in [5.74, 6) is 3.27. The molecular weight excluding hydrogens is 308 g/mol. The lowest BCUT2D eigenvalue weighted by Crippen LogP contribution is -2.09. The molecule has 2 aromatic rings. The van der Waals surface area contributed by atoms with Crippen LogP contribution in [-0.2, 0) is 6.42 Å². The molecule has 4 rings (SSSR count). The molecule has 128 valence electrons. The van der Waals surface area contributed by atoms with E-state index in [1.165, 1.54) is 0 Å². The van der Waals surface area contributed by atoms with Crippen LogP contribution in [0, 0.1) is 0 Å². The molecule has 1 unspecified atom stereocenters. The molecule has 0 bridgehead atoms. The van der Waals surface area contributed by atoms with Gasteiger partial charge in [0.05, 0.1) is 6.10 Å². The van der Waals surface area contributed by atoms with E-state index < -0.39 is 0 Å². The largest absolute Gasteiger partial charge is 0.454 e. The van der Waals surface area contributed by atoms with E-state index in [4.69, 9.17) is 18.9 Å². The minimum atomic E-state index is -0.254. The van der Waals surface area contributed by atoms with Gasteiger partial charge in [-0.1, -0.05) is 31.5 Å². The first-order valence-corrected chi connectivity index (χ1v) is 8.17. The highest BCUT2D eigenvalue weighted by Gasteiger charge is 2.14. The van der Waals surface area contributed by atoms with Crippen LogP contribution in [0.3, 0.4) is 0 Å². The molecule has 0 aromatic heterocycles. The van der Waals surface area contributed by atoms with Gasteiger partial charge in [-0.25, -0.2) is 0 Å². The molecule has 5 heteroatoms. The van der Waals surface area contributed by atoms with Gasteiger partial charge in [0.1, 0.15) is 0 Å². The molecule has 0 aliphatic carbocycles. The van der Waals surface area contributed by atoms with Gasteiger partial charge in [-0.3, -0.25) is 0 Å². The average molecular weight is 330 g/mol. The SMILES string of the molecule is CCCC(O)Cc1ccc2c(c1)OCO2.c1ccc2c(c1)OCO2. The summed E-state index contributed by atoms with van der Waals surface area (Å²) in [4.78, 5) is 0. The minimum absolute atomic E-state index is 0.254. The van der Waals surface area contributed by atoms with Crippen LogP contribution in [0.2, 0.25) is 0 Å². The first kappa shape index (κ1) is 16.5. The highest BCUT2D eigenvalue weighted by atomic mass is 16.7. The van der Waals surface area contributed by atoms with E-state index >= 15 is 0 Å². The van der Waals surface area contributed by atoms with E-state index in [1.54, 1.807) is 0 Å². The van der Waals surface area contributed by atoms with E-state index in [1.807, 2.05) is 42.5 Å². The number of hydrogen-bond acceptors (Lipinski definition) is 5. The Morgan fingerprint density at radius 2 is 1.46 bits per heavy atom. The summed E-state index contributed by atoms with van der Waals surface area (Å²) in [6.45, 7) is 2.73. The number of benzene rings is 2. The van der Waals surface area contributed by atoms with E-state index in [9.17, 15) is 5.11 Å². The maximum Gasteiger partial charge on any atom is 0.231 e. The van der Waals surface area contributed by atoms with Crippen molar-refractivity contribution in [2.45, 2.75) is 32.3 Å². The van der Waals surface area contributed by atoms with Crippen LogP contribution in [0.15, 0.2) is 42.5 Å². The number of para-hydroxylation sites is 2. The van der Waals surface area contributed by atoms with Gasteiger partial charge in [-0.2, -0.15) is 0 Å². The van der Waals surface area contributed by atoms with Gasteiger partial charge in [0.25, 0.3) is 0 Å². The smallest absolute Gasteiger partial charge is 0.231 e. The summed E-state index contributed by atoms with van der Waals surface area (Å²) >= 11 is 0. The molecule has 24 heavy (non-hydrogen) atoms. The van der Waals surface area contributed by atoms with E-state index in [-0.39, 0.29) is 6.10 Å². The predicted octanol–water partition coefficient (Wildman–Crippen LogP) is 3.53. The Bertz CT molecular complexity index is 648. The van der Waals surface area contributed by atoms with Crippen molar-refractivity contribution in [3.05, 3.63) is 48.0 Å². The third-order valence-corrected chi connectivity index (χ3v) is 3.81. The van der Waals surface area contributed by atoms with Crippen LogP contribution in [0.25, 0.3) is 0 Å². The molecule has 1 atom stereocenters. The average Bonchev–Trinajstić information content (AvgIpc) is 3.24. The second-order valence-electron chi connectivity index (χ2n) is 5.69. The zero-order valence-corrected chi connectivity index (χ0v) is 13.7. The fourth-order valence-electron chi connectivity index (χ4n) is 2.62. The highest BCUT2D eigenvalue weighted by Crippen LogP contribution is 2.33. The van der Waals surface area contributed by atoms with Crippen LogP contribution in [0.4, 0.5) is 0 Å². The second kappa shape index (κ2) is 7.93. The summed E-state index contributed by atoms with van der Waals surface area (Å²) in [6, 6.07) is 13.5. The molecule has 2 heterocycles. The zero-order chi connectivity index (χ0) is 16.8. The monoisotopic (exact) mass is 330 g/mol. The highest BCUT2D eigenvalue weighted by molar-refractivity contribution is 5.44. The predicted molar refractivity (Wildman–Crippen MR) is 89.7 cm³/mol. The summed E-state index contributed by atoms with van der Waals surface area (Å²) in [5.41, 5.74) is 1.10. The summed E-state index contributed by atoms with van der Waals surface area (Å²) in [6.07, 6.45) is 2.28. The summed E-state index contributed by atoms with van der Waals surface area (Å²) < 4.78 is 20.7. The van der Waals surface area contributed by atoms with Crippen molar-refractivity contribution in [2.75, 3.05) is 13.6 Å². The molecule has 0 amide bonds. The van der Waals surface area contributed by atoms with Crippen LogP contribution in [0.5, 0.6) is 23.0 Å². The number of rotatable bonds is 4. The Labute approximate surface area is 141 Å². The van der Waals surface area contributed by atoms with Gasteiger partial charge in [-0.05, 0) is 42.7 Å². The van der Waals surface area contributed by atoms with Gasteiger partial charge in [0.2, 0.25) is 13.6 Å². The van der Waals surface area contributed by atoms with Gasteiger partial charge in [0, 0.05) is 0 Å². The van der Waals surface area contributed by atoms with Crippen molar-refractivity contribution in [1.29, 1.82) is 0 Å². The van der Waals surface area contributed by atoms with E-state index in [0.29, 0.717) is 20.0 Å². The molecule has 0 fully saturated rings. The van der Waals surface area contributed by atoms with Crippen molar-refractivity contribution in [1.82, 2.24) is 0 Å². The Morgan fingerprint density at radius 3 is 2.08 bits per heavy atom. The topological polar surface area (TPSA) is 57.2 Å². The van der Waals surface area contributed by atoms with Gasteiger partial charge in [-0.15, -0.1) is 0 Å². The number of hydrogen-bond donors (Lipinski definition) is 1. The maximum absolute atomic E-state index is 9.68. The normalized spacial score (nSPS) is 14.8. The maximum atomic E-state index is 9.68. The lowest BCUT2D eigenvalue weighted by atomic mass is 10.0. The van der Waals surface area contributed by atoms with E-state index in [0.717, 1.165) is 41.4 Å². The van der Waals surface area contributed by atoms with Gasteiger partial charge in [0.15, 0.2) is 23.0 Å². The third-order valence-electron chi connectivity index (χ3n) is 3.81.